The van der Waals surface area contributed by atoms with E-state index in [-0.39, 0.29) is 65.7 Å². The van der Waals surface area contributed by atoms with Crippen LogP contribution >= 0.6 is 0 Å². The molecular formula is C15H31NNa2O6S. The van der Waals surface area contributed by atoms with E-state index in [4.69, 9.17) is 22.6 Å². The molecule has 0 aromatic heterocycles. The molecule has 0 radical (unpaired) electrons. The van der Waals surface area contributed by atoms with Crippen LogP contribution in [0.15, 0.2) is 0 Å². The summed E-state index contributed by atoms with van der Waals surface area (Å²) in [7, 11) is -3.29. The van der Waals surface area contributed by atoms with Gasteiger partial charge < -0.3 is 14.2 Å². The van der Waals surface area contributed by atoms with Gasteiger partial charge in [-0.15, -0.1) is 0 Å². The number of nitrogens with zero attached hydrogens (tertiary/aromatic N) is 1. The molecule has 0 saturated heterocycles. The van der Waals surface area contributed by atoms with Crippen LogP contribution < -0.4 is 59.1 Å². The number of carboxylic acid groups (broad SMARTS) is 1. The summed E-state index contributed by atoms with van der Waals surface area (Å²) in [5, 5.41) is 8.60. The number of aliphatic carboxylic acids is 1. The largest absolute Gasteiger partial charge is 1.00 e. The second-order valence-electron chi connectivity index (χ2n) is 5.72. The molecule has 7 nitrogen and oxygen atoms in total. The van der Waals surface area contributed by atoms with E-state index in [2.05, 4.69) is 6.92 Å². The molecule has 0 bridgehead atoms. The molecule has 140 valence electrons. The van der Waals surface area contributed by atoms with Crippen LogP contribution in [-0.4, -0.2) is 53.6 Å². The van der Waals surface area contributed by atoms with Crippen molar-refractivity contribution < 1.29 is 86.5 Å². The number of unbranched alkanes of at least 4 members (excludes halogenated alkanes) is 9. The second kappa shape index (κ2) is 23.3. The van der Waals surface area contributed by atoms with Crippen LogP contribution in [0.3, 0.4) is 0 Å². The molecule has 25 heavy (non-hydrogen) atoms. The van der Waals surface area contributed by atoms with Gasteiger partial charge in [0.2, 0.25) is 0 Å². The molecule has 0 fully saturated rings. The Bertz CT molecular complexity index is 374. The fraction of sp³-hybridized carbons (Fsp3) is 0.933. The molecule has 0 rings (SSSR count). The quantitative estimate of drug-likeness (QED) is 0.148. The van der Waals surface area contributed by atoms with Crippen molar-refractivity contribution in [3.8, 4) is 0 Å². The van der Waals surface area contributed by atoms with Crippen LogP contribution in [0.1, 0.15) is 71.1 Å². The van der Waals surface area contributed by atoms with Gasteiger partial charge in [-0.2, -0.15) is 0 Å². The van der Waals surface area contributed by atoms with Crippen molar-refractivity contribution in [2.45, 2.75) is 71.1 Å². The number of hydrogen-bond acceptors (Lipinski definition) is 6. The fourth-order valence-electron chi connectivity index (χ4n) is 2.18. The molecule has 0 unspecified atom stereocenters. The SMILES string of the molecule is CCCCCCCCCCCCN(C)CC(=O)O.O=S(=O)([O-])[O-].[Na+].[Na+]. The second-order valence-corrected chi connectivity index (χ2v) is 6.54. The third-order valence-corrected chi connectivity index (χ3v) is 3.30. The zero-order chi connectivity index (χ0) is 18.1. The van der Waals surface area contributed by atoms with Gasteiger partial charge in [-0.1, -0.05) is 64.7 Å². The minimum atomic E-state index is -5.17. The zero-order valence-corrected chi connectivity index (χ0v) is 21.1. The van der Waals surface area contributed by atoms with Gasteiger partial charge in [0.25, 0.3) is 0 Å². The molecule has 0 aliphatic rings. The summed E-state index contributed by atoms with van der Waals surface area (Å²) in [5.41, 5.74) is 0. The summed E-state index contributed by atoms with van der Waals surface area (Å²) in [5.74, 6) is -0.732. The molecule has 0 heterocycles. The van der Waals surface area contributed by atoms with E-state index < -0.39 is 16.4 Å². The fourth-order valence-corrected chi connectivity index (χ4v) is 2.18. The normalized spacial score (nSPS) is 10.3. The van der Waals surface area contributed by atoms with Crippen LogP contribution in [0.4, 0.5) is 0 Å². The number of likely N-dealkylation sites (N-methyl/N-ethyl adjacent to an activating group) is 1. The van der Waals surface area contributed by atoms with Gasteiger partial charge in [0, 0.05) is 10.4 Å². The van der Waals surface area contributed by atoms with Crippen molar-refractivity contribution in [1.29, 1.82) is 0 Å². The van der Waals surface area contributed by atoms with Crippen LogP contribution in [0.25, 0.3) is 0 Å². The number of carbonyl (C=O) groups is 1. The van der Waals surface area contributed by atoms with Crippen molar-refractivity contribution in [1.82, 2.24) is 4.90 Å². The van der Waals surface area contributed by atoms with Crippen molar-refractivity contribution in [3.05, 3.63) is 0 Å². The summed E-state index contributed by atoms with van der Waals surface area (Å²) >= 11 is 0. The Morgan fingerprint density at radius 3 is 1.52 bits per heavy atom. The molecule has 0 aromatic rings. The van der Waals surface area contributed by atoms with Crippen LogP contribution in [-0.2, 0) is 15.2 Å². The molecule has 0 saturated carbocycles. The van der Waals surface area contributed by atoms with Crippen molar-refractivity contribution >= 4 is 16.4 Å². The molecule has 0 aromatic carbocycles. The van der Waals surface area contributed by atoms with Crippen LogP contribution in [0, 0.1) is 0 Å². The van der Waals surface area contributed by atoms with E-state index >= 15 is 0 Å². The minimum Gasteiger partial charge on any atom is -0.759 e. The molecule has 0 amide bonds. The Labute approximate surface area is 197 Å². The predicted molar refractivity (Wildman–Crippen MR) is 87.5 cm³/mol. The van der Waals surface area contributed by atoms with E-state index in [9.17, 15) is 4.79 Å². The summed E-state index contributed by atoms with van der Waals surface area (Å²) in [6, 6.07) is 0. The van der Waals surface area contributed by atoms with Crippen molar-refractivity contribution in [2.75, 3.05) is 20.1 Å². The maximum Gasteiger partial charge on any atom is 1.00 e. The number of rotatable bonds is 13. The third-order valence-electron chi connectivity index (χ3n) is 3.30. The van der Waals surface area contributed by atoms with Gasteiger partial charge in [0.1, 0.15) is 0 Å². The van der Waals surface area contributed by atoms with Gasteiger partial charge in [0.05, 0.1) is 6.54 Å². The van der Waals surface area contributed by atoms with Crippen molar-refractivity contribution in [3.63, 3.8) is 0 Å². The minimum absolute atomic E-state index is 0. The average molecular weight is 399 g/mol. The Morgan fingerprint density at radius 1 is 0.880 bits per heavy atom. The molecule has 0 aliphatic heterocycles. The Morgan fingerprint density at radius 2 is 1.20 bits per heavy atom. The third kappa shape index (κ3) is 45.9. The maximum absolute atomic E-state index is 10.5. The van der Waals surface area contributed by atoms with E-state index in [0.29, 0.717) is 0 Å². The Hall–Kier alpha value is 1.30. The summed E-state index contributed by atoms with van der Waals surface area (Å²) in [4.78, 5) is 12.3. The standard InChI is InChI=1S/C15H31NO2.2Na.H2O4S/c1-3-4-5-6-7-8-9-10-11-12-13-16(2)14-15(17)18;;;1-5(2,3)4/h3-14H2,1-2H3,(H,17,18);;;(H2,1,2,3,4)/q;2*+1;/p-2. The molecule has 0 aliphatic carbocycles. The number of carboxylic acids is 1. The molecule has 0 atom stereocenters. The smallest absolute Gasteiger partial charge is 0.759 e. The van der Waals surface area contributed by atoms with Gasteiger partial charge in [-0.25, -0.2) is 0 Å². The summed E-state index contributed by atoms with van der Waals surface area (Å²) in [6.45, 7) is 3.32. The van der Waals surface area contributed by atoms with E-state index in [1.807, 2.05) is 11.9 Å². The zero-order valence-electron chi connectivity index (χ0n) is 16.3. The first-order valence-electron chi connectivity index (χ1n) is 8.23. The van der Waals surface area contributed by atoms with E-state index in [0.717, 1.165) is 13.0 Å². The topological polar surface area (TPSA) is 121 Å². The molecule has 10 heteroatoms. The maximum atomic E-state index is 10.5. The summed E-state index contributed by atoms with van der Waals surface area (Å²) in [6.07, 6.45) is 13.3. The predicted octanol–water partition coefficient (Wildman–Crippen LogP) is -3.41. The Kier molecular flexibility index (Phi) is 31.6. The number of hydrogen-bond donors (Lipinski definition) is 1. The average Bonchev–Trinajstić information content (AvgIpc) is 2.38. The first-order chi connectivity index (χ1) is 10.7. The van der Waals surface area contributed by atoms with Crippen LogP contribution in [0.5, 0.6) is 0 Å². The van der Waals surface area contributed by atoms with E-state index in [1.165, 1.54) is 57.8 Å². The first kappa shape index (κ1) is 33.9. The molecular weight excluding hydrogens is 368 g/mol. The monoisotopic (exact) mass is 399 g/mol. The van der Waals surface area contributed by atoms with Crippen molar-refractivity contribution in [2.24, 2.45) is 0 Å². The molecule has 0 spiro atoms. The van der Waals surface area contributed by atoms with Gasteiger partial charge >= 0.3 is 65.1 Å². The first-order valence-corrected chi connectivity index (χ1v) is 9.57. The van der Waals surface area contributed by atoms with Gasteiger partial charge in [-0.3, -0.25) is 18.1 Å². The molecule has 1 N–H and O–H groups in total. The Balaban J connectivity index is -0.000000276. The van der Waals surface area contributed by atoms with Gasteiger partial charge in [-0.05, 0) is 20.0 Å². The summed E-state index contributed by atoms with van der Waals surface area (Å²) < 4.78 is 34.1. The van der Waals surface area contributed by atoms with Crippen LogP contribution in [0.2, 0.25) is 0 Å². The van der Waals surface area contributed by atoms with E-state index in [1.54, 1.807) is 0 Å². The van der Waals surface area contributed by atoms with Gasteiger partial charge in [0.15, 0.2) is 0 Å².